The Morgan fingerprint density at radius 3 is 2.70 bits per heavy atom. The first-order valence-corrected chi connectivity index (χ1v) is 7.52. The highest BCUT2D eigenvalue weighted by atomic mass is 16.5. The highest BCUT2D eigenvalue weighted by Gasteiger charge is 2.33. The summed E-state index contributed by atoms with van der Waals surface area (Å²) in [6, 6.07) is 7.18. The molecule has 1 aromatic heterocycles. The SMILES string of the molecule is CC1(C)OC(N)=CC1=NC(Cc1c[nH]c2ccccc12)C(O)O. The molecule has 0 bridgehead atoms. The van der Waals surface area contributed by atoms with Crippen molar-refractivity contribution in [2.45, 2.75) is 38.2 Å². The Hall–Kier alpha value is -2.31. The molecule has 0 saturated carbocycles. The average molecular weight is 315 g/mol. The number of aromatic amines is 1. The van der Waals surface area contributed by atoms with Crippen molar-refractivity contribution in [1.29, 1.82) is 0 Å². The third kappa shape index (κ3) is 3.09. The number of hydrogen-bond acceptors (Lipinski definition) is 5. The number of nitrogens with one attached hydrogen (secondary N) is 1. The van der Waals surface area contributed by atoms with Crippen LogP contribution in [0.15, 0.2) is 47.4 Å². The molecule has 1 atom stereocenters. The number of ether oxygens (including phenoxy) is 1. The van der Waals surface area contributed by atoms with Crippen LogP contribution in [0.1, 0.15) is 19.4 Å². The van der Waals surface area contributed by atoms with Crippen LogP contribution in [0.25, 0.3) is 10.9 Å². The molecule has 23 heavy (non-hydrogen) atoms. The molecular formula is C17H21N3O3. The lowest BCUT2D eigenvalue weighted by atomic mass is 10.0. The van der Waals surface area contributed by atoms with E-state index in [2.05, 4.69) is 9.98 Å². The highest BCUT2D eigenvalue weighted by molar-refractivity contribution is 6.03. The molecule has 1 aromatic carbocycles. The van der Waals surface area contributed by atoms with Crippen molar-refractivity contribution < 1.29 is 14.9 Å². The minimum Gasteiger partial charge on any atom is -0.467 e. The molecule has 2 heterocycles. The van der Waals surface area contributed by atoms with E-state index in [1.54, 1.807) is 6.08 Å². The zero-order chi connectivity index (χ0) is 16.6. The Morgan fingerprint density at radius 2 is 2.04 bits per heavy atom. The number of aliphatic hydroxyl groups excluding tert-OH is 1. The van der Waals surface area contributed by atoms with Gasteiger partial charge in [0.15, 0.2) is 12.2 Å². The Morgan fingerprint density at radius 1 is 1.30 bits per heavy atom. The summed E-state index contributed by atoms with van der Waals surface area (Å²) in [6.07, 6.45) is 2.34. The van der Waals surface area contributed by atoms with Crippen molar-refractivity contribution >= 4 is 16.6 Å². The molecule has 0 fully saturated rings. The first-order chi connectivity index (χ1) is 10.9. The lowest BCUT2D eigenvalue weighted by Gasteiger charge is -2.22. The van der Waals surface area contributed by atoms with Gasteiger partial charge in [-0.3, -0.25) is 4.99 Å². The highest BCUT2D eigenvalue weighted by Crippen LogP contribution is 2.25. The lowest BCUT2D eigenvalue weighted by Crippen LogP contribution is -2.33. The number of para-hydroxylation sites is 1. The van der Waals surface area contributed by atoms with E-state index in [-0.39, 0.29) is 5.88 Å². The van der Waals surface area contributed by atoms with Gasteiger partial charge in [-0.05, 0) is 25.5 Å². The van der Waals surface area contributed by atoms with Crippen LogP contribution in [0.4, 0.5) is 0 Å². The van der Waals surface area contributed by atoms with Gasteiger partial charge in [-0.15, -0.1) is 0 Å². The van der Waals surface area contributed by atoms with Crippen LogP contribution in [-0.2, 0) is 11.2 Å². The zero-order valence-corrected chi connectivity index (χ0v) is 13.2. The number of rotatable bonds is 4. The van der Waals surface area contributed by atoms with Gasteiger partial charge in [-0.2, -0.15) is 0 Å². The smallest absolute Gasteiger partial charge is 0.187 e. The third-order valence-corrected chi connectivity index (χ3v) is 4.02. The number of aliphatic imine (C=N–C) groups is 1. The minimum absolute atomic E-state index is 0.284. The third-order valence-electron chi connectivity index (χ3n) is 4.02. The van der Waals surface area contributed by atoms with E-state index >= 15 is 0 Å². The number of nitrogens with zero attached hydrogens (tertiary/aromatic N) is 1. The summed E-state index contributed by atoms with van der Waals surface area (Å²) in [5.74, 6) is 0.284. The van der Waals surface area contributed by atoms with Crippen LogP contribution in [0.5, 0.6) is 0 Å². The molecule has 122 valence electrons. The van der Waals surface area contributed by atoms with Gasteiger partial charge in [0.05, 0.1) is 5.71 Å². The van der Waals surface area contributed by atoms with Gasteiger partial charge in [0, 0.05) is 29.6 Å². The molecule has 5 N–H and O–H groups in total. The maximum Gasteiger partial charge on any atom is 0.187 e. The van der Waals surface area contributed by atoms with E-state index in [0.717, 1.165) is 16.5 Å². The van der Waals surface area contributed by atoms with Crippen molar-refractivity contribution in [1.82, 2.24) is 4.98 Å². The number of fused-ring (bicyclic) bond motifs is 1. The fraction of sp³-hybridized carbons (Fsp3) is 0.353. The molecule has 1 aliphatic rings. The lowest BCUT2D eigenvalue weighted by molar-refractivity contribution is -0.0572. The first-order valence-electron chi connectivity index (χ1n) is 7.52. The predicted molar refractivity (Wildman–Crippen MR) is 88.9 cm³/mol. The van der Waals surface area contributed by atoms with Gasteiger partial charge >= 0.3 is 0 Å². The molecule has 1 aliphatic heterocycles. The zero-order valence-electron chi connectivity index (χ0n) is 13.2. The van der Waals surface area contributed by atoms with Gasteiger partial charge in [-0.25, -0.2) is 0 Å². The molecule has 1 unspecified atom stereocenters. The van der Waals surface area contributed by atoms with E-state index in [9.17, 15) is 10.2 Å². The summed E-state index contributed by atoms with van der Waals surface area (Å²) in [5, 5.41) is 20.5. The quantitative estimate of drug-likeness (QED) is 0.641. The van der Waals surface area contributed by atoms with E-state index in [0.29, 0.717) is 12.1 Å². The normalized spacial score (nSPS) is 20.0. The number of hydrogen-bond donors (Lipinski definition) is 4. The largest absolute Gasteiger partial charge is 0.467 e. The van der Waals surface area contributed by atoms with Crippen molar-refractivity contribution in [2.24, 2.45) is 10.7 Å². The van der Waals surface area contributed by atoms with Crippen LogP contribution < -0.4 is 5.73 Å². The number of H-pyrrole nitrogens is 1. The standard InChI is InChI=1S/C17H21N3O3/c1-17(2)14(8-15(18)23-17)20-13(16(21)22)7-10-9-19-12-6-4-3-5-11(10)12/h3-6,8-9,13,16,19,21-22H,7,18H2,1-2H3. The Labute approximate surface area is 134 Å². The van der Waals surface area contributed by atoms with E-state index in [1.165, 1.54) is 0 Å². The molecule has 0 saturated heterocycles. The summed E-state index contributed by atoms with van der Waals surface area (Å²) in [4.78, 5) is 7.66. The van der Waals surface area contributed by atoms with E-state index < -0.39 is 17.9 Å². The number of benzene rings is 1. The Balaban J connectivity index is 1.91. The van der Waals surface area contributed by atoms with Gasteiger partial charge in [0.25, 0.3) is 0 Å². The summed E-state index contributed by atoms with van der Waals surface area (Å²) in [6.45, 7) is 3.68. The summed E-state index contributed by atoms with van der Waals surface area (Å²) in [5.41, 5.74) is 7.62. The molecule has 6 nitrogen and oxygen atoms in total. The van der Waals surface area contributed by atoms with E-state index in [4.69, 9.17) is 10.5 Å². The number of aliphatic hydroxyl groups is 2. The summed E-state index contributed by atoms with van der Waals surface area (Å²) < 4.78 is 5.49. The van der Waals surface area contributed by atoms with Crippen molar-refractivity contribution in [3.63, 3.8) is 0 Å². The van der Waals surface area contributed by atoms with Crippen LogP contribution in [0.3, 0.4) is 0 Å². The fourth-order valence-electron chi connectivity index (χ4n) is 2.80. The molecule has 0 spiro atoms. The number of nitrogens with two attached hydrogens (primary N) is 1. The Bertz CT molecular complexity index is 774. The van der Waals surface area contributed by atoms with Crippen molar-refractivity contribution in [2.75, 3.05) is 0 Å². The molecule has 0 aliphatic carbocycles. The minimum atomic E-state index is -1.57. The van der Waals surface area contributed by atoms with Gasteiger partial charge in [0.1, 0.15) is 11.6 Å². The summed E-state index contributed by atoms with van der Waals surface area (Å²) in [7, 11) is 0. The van der Waals surface area contributed by atoms with Crippen molar-refractivity contribution in [3.05, 3.63) is 48.0 Å². The summed E-state index contributed by atoms with van der Waals surface area (Å²) >= 11 is 0. The van der Waals surface area contributed by atoms with Crippen LogP contribution >= 0.6 is 0 Å². The molecule has 0 amide bonds. The maximum absolute atomic E-state index is 9.72. The topological polar surface area (TPSA) is 104 Å². The maximum atomic E-state index is 9.72. The molecule has 0 radical (unpaired) electrons. The Kier molecular flexibility index (Phi) is 3.87. The number of aromatic nitrogens is 1. The average Bonchev–Trinajstić information content (AvgIpc) is 2.99. The van der Waals surface area contributed by atoms with Gasteiger partial charge in [-0.1, -0.05) is 18.2 Å². The van der Waals surface area contributed by atoms with Crippen LogP contribution in [0.2, 0.25) is 0 Å². The van der Waals surface area contributed by atoms with Crippen LogP contribution in [0, 0.1) is 0 Å². The molecule has 6 heteroatoms. The monoisotopic (exact) mass is 315 g/mol. The second kappa shape index (κ2) is 5.72. The second-order valence-electron chi connectivity index (χ2n) is 6.22. The van der Waals surface area contributed by atoms with Crippen LogP contribution in [-0.4, -0.2) is 38.8 Å². The molecule has 2 aromatic rings. The first kappa shape index (κ1) is 15.6. The predicted octanol–water partition coefficient (Wildman–Crippen LogP) is 1.44. The van der Waals surface area contributed by atoms with Gasteiger partial charge in [0.2, 0.25) is 0 Å². The molecule has 3 rings (SSSR count). The van der Waals surface area contributed by atoms with Gasteiger partial charge < -0.3 is 25.7 Å². The second-order valence-corrected chi connectivity index (χ2v) is 6.22. The molecular weight excluding hydrogens is 294 g/mol. The fourth-order valence-corrected chi connectivity index (χ4v) is 2.80. The van der Waals surface area contributed by atoms with E-state index in [1.807, 2.05) is 44.3 Å². The van der Waals surface area contributed by atoms with Crippen molar-refractivity contribution in [3.8, 4) is 0 Å².